The normalized spacial score (nSPS) is 17.4. The molecule has 10 heteroatoms. The van der Waals surface area contributed by atoms with Gasteiger partial charge in [-0.05, 0) is 31.5 Å². The van der Waals surface area contributed by atoms with E-state index in [1.165, 1.54) is 25.3 Å². The number of benzene rings is 2. The SMILES string of the molecule is COCOc1cc2occ(-c3cccc(OC(F)(F)F)c3)c(=O)c2c2c1CC(O)C(C)(C)O2. The number of alkyl halides is 3. The molecule has 1 aromatic heterocycles. The van der Waals surface area contributed by atoms with E-state index in [4.69, 9.17) is 18.6 Å². The van der Waals surface area contributed by atoms with Gasteiger partial charge in [-0.15, -0.1) is 13.2 Å². The van der Waals surface area contributed by atoms with E-state index in [2.05, 4.69) is 4.74 Å². The van der Waals surface area contributed by atoms with Crippen molar-refractivity contribution in [3.63, 3.8) is 0 Å². The maximum Gasteiger partial charge on any atom is 0.573 e. The third-order valence-corrected chi connectivity index (χ3v) is 5.36. The fraction of sp³-hybridized carbons (Fsp3) is 0.348. The summed E-state index contributed by atoms with van der Waals surface area (Å²) in [6.07, 6.45) is -4.44. The van der Waals surface area contributed by atoms with Gasteiger partial charge in [0.25, 0.3) is 0 Å². The zero-order chi connectivity index (χ0) is 24.0. The third kappa shape index (κ3) is 4.49. The lowest BCUT2D eigenvalue weighted by Crippen LogP contribution is -2.46. The molecule has 2 heterocycles. The molecule has 0 amide bonds. The van der Waals surface area contributed by atoms with Crippen LogP contribution in [0.4, 0.5) is 13.2 Å². The Morgan fingerprint density at radius 1 is 1.24 bits per heavy atom. The van der Waals surface area contributed by atoms with Gasteiger partial charge < -0.3 is 28.5 Å². The molecule has 0 spiro atoms. The van der Waals surface area contributed by atoms with Gasteiger partial charge in [-0.1, -0.05) is 12.1 Å². The van der Waals surface area contributed by atoms with Gasteiger partial charge in [-0.25, -0.2) is 0 Å². The first-order chi connectivity index (χ1) is 15.5. The predicted molar refractivity (Wildman–Crippen MR) is 112 cm³/mol. The molecule has 0 radical (unpaired) electrons. The lowest BCUT2D eigenvalue weighted by atomic mass is 9.89. The first-order valence-electron chi connectivity index (χ1n) is 9.96. The van der Waals surface area contributed by atoms with Crippen molar-refractivity contribution in [2.24, 2.45) is 0 Å². The minimum absolute atomic E-state index is 0.0235. The number of ether oxygens (including phenoxy) is 4. The van der Waals surface area contributed by atoms with E-state index >= 15 is 0 Å². The van der Waals surface area contributed by atoms with Crippen LogP contribution < -0.4 is 19.6 Å². The summed E-state index contributed by atoms with van der Waals surface area (Å²) in [5.41, 5.74) is -0.704. The molecule has 0 saturated carbocycles. The summed E-state index contributed by atoms with van der Waals surface area (Å²) in [4.78, 5) is 13.5. The summed E-state index contributed by atoms with van der Waals surface area (Å²) < 4.78 is 64.1. The van der Waals surface area contributed by atoms with Crippen LogP contribution in [0.5, 0.6) is 17.2 Å². The van der Waals surface area contributed by atoms with Crippen molar-refractivity contribution >= 4 is 11.0 Å². The standard InChI is InChI=1S/C23H21F3O7/c1-22(2)18(27)8-14-16(31-11-29-3)9-17-19(21(14)33-22)20(28)15(10-30-17)12-5-4-6-13(7-12)32-23(24,25)26/h4-7,9-10,18,27H,8,11H2,1-3H3. The molecule has 2 aromatic carbocycles. The quantitative estimate of drug-likeness (QED) is 0.557. The van der Waals surface area contributed by atoms with E-state index in [0.717, 1.165) is 18.4 Å². The van der Waals surface area contributed by atoms with Crippen molar-refractivity contribution in [3.05, 3.63) is 52.4 Å². The molecule has 33 heavy (non-hydrogen) atoms. The molecular weight excluding hydrogens is 445 g/mol. The van der Waals surface area contributed by atoms with Gasteiger partial charge in [0, 0.05) is 25.2 Å². The molecule has 1 aliphatic rings. The molecule has 1 unspecified atom stereocenters. The Morgan fingerprint density at radius 2 is 2.00 bits per heavy atom. The average molecular weight is 466 g/mol. The van der Waals surface area contributed by atoms with Gasteiger partial charge in [0.1, 0.15) is 40.1 Å². The van der Waals surface area contributed by atoms with Gasteiger partial charge in [-0.3, -0.25) is 4.79 Å². The monoisotopic (exact) mass is 466 g/mol. The highest BCUT2D eigenvalue weighted by atomic mass is 19.4. The Labute approximate surface area is 186 Å². The van der Waals surface area contributed by atoms with Gasteiger partial charge >= 0.3 is 6.36 Å². The molecule has 0 aliphatic carbocycles. The molecule has 1 atom stereocenters. The maximum atomic E-state index is 13.5. The molecule has 176 valence electrons. The number of fused-ring (bicyclic) bond motifs is 3. The van der Waals surface area contributed by atoms with E-state index < -0.39 is 29.2 Å². The Hall–Kier alpha value is -3.24. The summed E-state index contributed by atoms with van der Waals surface area (Å²) in [5.74, 6) is 0.0444. The molecule has 1 N–H and O–H groups in total. The molecule has 4 rings (SSSR count). The van der Waals surface area contributed by atoms with Crippen molar-refractivity contribution in [2.75, 3.05) is 13.9 Å². The summed E-state index contributed by atoms with van der Waals surface area (Å²) in [6, 6.07) is 6.54. The highest BCUT2D eigenvalue weighted by Crippen LogP contribution is 2.43. The maximum absolute atomic E-state index is 13.5. The first-order valence-corrected chi connectivity index (χ1v) is 9.96. The Balaban J connectivity index is 1.91. The van der Waals surface area contributed by atoms with Crippen molar-refractivity contribution in [2.45, 2.75) is 38.3 Å². The second kappa shape index (κ2) is 8.27. The molecular formula is C23H21F3O7. The molecule has 0 saturated heterocycles. The largest absolute Gasteiger partial charge is 0.573 e. The minimum Gasteiger partial charge on any atom is -0.484 e. The number of aliphatic hydroxyl groups excluding tert-OH is 1. The summed E-state index contributed by atoms with van der Waals surface area (Å²) in [7, 11) is 1.45. The highest BCUT2D eigenvalue weighted by molar-refractivity contribution is 5.90. The number of rotatable bonds is 5. The zero-order valence-electron chi connectivity index (χ0n) is 18.0. The van der Waals surface area contributed by atoms with E-state index in [1.54, 1.807) is 13.8 Å². The fourth-order valence-corrected chi connectivity index (χ4v) is 3.66. The lowest BCUT2D eigenvalue weighted by molar-refractivity contribution is -0.274. The van der Waals surface area contributed by atoms with Crippen LogP contribution in [0.25, 0.3) is 22.1 Å². The van der Waals surface area contributed by atoms with Crippen LogP contribution >= 0.6 is 0 Å². The third-order valence-electron chi connectivity index (χ3n) is 5.36. The van der Waals surface area contributed by atoms with Crippen LogP contribution in [0.1, 0.15) is 19.4 Å². The van der Waals surface area contributed by atoms with Crippen LogP contribution in [-0.2, 0) is 11.2 Å². The summed E-state index contributed by atoms with van der Waals surface area (Å²) >= 11 is 0. The zero-order valence-corrected chi connectivity index (χ0v) is 18.0. The van der Waals surface area contributed by atoms with E-state index in [9.17, 15) is 23.1 Å². The van der Waals surface area contributed by atoms with Crippen LogP contribution in [0, 0.1) is 0 Å². The minimum atomic E-state index is -4.87. The van der Waals surface area contributed by atoms with Crippen LogP contribution in [0.15, 0.2) is 45.8 Å². The first kappa shape index (κ1) is 22.9. The van der Waals surface area contributed by atoms with Gasteiger partial charge in [0.15, 0.2) is 6.79 Å². The van der Waals surface area contributed by atoms with Gasteiger partial charge in [0.2, 0.25) is 5.43 Å². The predicted octanol–water partition coefficient (Wildman–Crippen LogP) is 4.42. The van der Waals surface area contributed by atoms with Gasteiger partial charge in [0.05, 0.1) is 11.7 Å². The topological polar surface area (TPSA) is 87.4 Å². The molecule has 1 aliphatic heterocycles. The lowest BCUT2D eigenvalue weighted by Gasteiger charge is -2.37. The number of methoxy groups -OCH3 is 1. The highest BCUT2D eigenvalue weighted by Gasteiger charge is 2.39. The molecule has 3 aromatic rings. The van der Waals surface area contributed by atoms with Crippen molar-refractivity contribution < 1.29 is 41.6 Å². The Bertz CT molecular complexity index is 1250. The fourth-order valence-electron chi connectivity index (χ4n) is 3.66. The van der Waals surface area contributed by atoms with Crippen LogP contribution in [0.2, 0.25) is 0 Å². The second-order valence-corrected chi connectivity index (χ2v) is 8.09. The molecule has 0 bridgehead atoms. The van der Waals surface area contributed by atoms with Crippen LogP contribution in [0.3, 0.4) is 0 Å². The smallest absolute Gasteiger partial charge is 0.484 e. The Morgan fingerprint density at radius 3 is 2.70 bits per heavy atom. The Kier molecular flexibility index (Phi) is 5.75. The van der Waals surface area contributed by atoms with Gasteiger partial charge in [-0.2, -0.15) is 0 Å². The van der Waals surface area contributed by atoms with E-state index in [0.29, 0.717) is 11.3 Å². The second-order valence-electron chi connectivity index (χ2n) is 8.09. The van der Waals surface area contributed by atoms with Crippen LogP contribution in [-0.4, -0.2) is 37.1 Å². The molecule has 7 nitrogen and oxygen atoms in total. The van der Waals surface area contributed by atoms with Crippen molar-refractivity contribution in [3.8, 4) is 28.4 Å². The van der Waals surface area contributed by atoms with E-state index in [1.807, 2.05) is 0 Å². The number of aliphatic hydroxyl groups is 1. The summed E-state index contributed by atoms with van der Waals surface area (Å²) in [6.45, 7) is 3.28. The number of hydrogen-bond acceptors (Lipinski definition) is 7. The summed E-state index contributed by atoms with van der Waals surface area (Å²) in [5, 5.41) is 10.6. The number of hydrogen-bond donors (Lipinski definition) is 1. The van der Waals surface area contributed by atoms with E-state index in [-0.39, 0.29) is 41.1 Å². The molecule has 0 fully saturated rings. The number of halogens is 3. The van der Waals surface area contributed by atoms with Crippen molar-refractivity contribution in [1.29, 1.82) is 0 Å². The van der Waals surface area contributed by atoms with Crippen molar-refractivity contribution in [1.82, 2.24) is 0 Å². The average Bonchev–Trinajstić information content (AvgIpc) is 2.72.